The van der Waals surface area contributed by atoms with E-state index in [1.807, 2.05) is 13.8 Å². The average Bonchev–Trinajstić information content (AvgIpc) is 2.38. The van der Waals surface area contributed by atoms with Crippen molar-refractivity contribution in [2.45, 2.75) is 39.3 Å². The number of carbonyl (C=O) groups is 2. The van der Waals surface area contributed by atoms with Crippen molar-refractivity contribution in [3.8, 4) is 5.75 Å². The van der Waals surface area contributed by atoms with E-state index in [0.717, 1.165) is 0 Å². The molecule has 0 spiro atoms. The van der Waals surface area contributed by atoms with Gasteiger partial charge >= 0.3 is 5.97 Å². The van der Waals surface area contributed by atoms with E-state index < -0.39 is 11.6 Å². The highest BCUT2D eigenvalue weighted by molar-refractivity contribution is 6.04. The third kappa shape index (κ3) is 2.24. The predicted octanol–water partition coefficient (Wildman–Crippen LogP) is 2.39. The van der Waals surface area contributed by atoms with Gasteiger partial charge in [-0.1, -0.05) is 0 Å². The Morgan fingerprint density at radius 1 is 1.35 bits per heavy atom. The molecule has 0 saturated heterocycles. The maximum atomic E-state index is 12.5. The van der Waals surface area contributed by atoms with Gasteiger partial charge in [-0.3, -0.25) is 4.79 Å². The molecular formula is C15H19NO4. The number of rotatable bonds is 2. The summed E-state index contributed by atoms with van der Waals surface area (Å²) in [4.78, 5) is 25.8. The van der Waals surface area contributed by atoms with Crippen LogP contribution in [-0.2, 0) is 9.53 Å². The third-order valence-corrected chi connectivity index (χ3v) is 3.25. The van der Waals surface area contributed by atoms with Gasteiger partial charge in [0, 0.05) is 6.04 Å². The Labute approximate surface area is 118 Å². The number of methoxy groups -OCH3 is 1. The molecule has 2 rings (SSSR count). The van der Waals surface area contributed by atoms with Crippen LogP contribution in [0.15, 0.2) is 18.2 Å². The highest BCUT2D eigenvalue weighted by atomic mass is 16.5. The van der Waals surface area contributed by atoms with Gasteiger partial charge in [-0.25, -0.2) is 4.79 Å². The summed E-state index contributed by atoms with van der Waals surface area (Å²) >= 11 is 0. The molecule has 0 radical (unpaired) electrons. The molecule has 0 unspecified atom stereocenters. The topological polar surface area (TPSA) is 55.8 Å². The van der Waals surface area contributed by atoms with Gasteiger partial charge in [0.1, 0.15) is 5.75 Å². The van der Waals surface area contributed by atoms with Crippen LogP contribution in [0.5, 0.6) is 5.75 Å². The maximum absolute atomic E-state index is 12.5. The molecule has 0 saturated carbocycles. The van der Waals surface area contributed by atoms with E-state index in [0.29, 0.717) is 17.0 Å². The van der Waals surface area contributed by atoms with Gasteiger partial charge in [-0.15, -0.1) is 0 Å². The summed E-state index contributed by atoms with van der Waals surface area (Å²) in [6, 6.07) is 4.94. The van der Waals surface area contributed by atoms with Gasteiger partial charge < -0.3 is 14.4 Å². The Morgan fingerprint density at radius 3 is 2.55 bits per heavy atom. The van der Waals surface area contributed by atoms with Crippen LogP contribution in [0.3, 0.4) is 0 Å². The molecule has 1 aliphatic heterocycles. The molecule has 1 aromatic rings. The first-order valence-corrected chi connectivity index (χ1v) is 6.53. The fourth-order valence-corrected chi connectivity index (χ4v) is 2.27. The van der Waals surface area contributed by atoms with Crippen molar-refractivity contribution in [3.05, 3.63) is 23.8 Å². The first-order valence-electron chi connectivity index (χ1n) is 6.53. The number of carbonyl (C=O) groups excluding carboxylic acids is 2. The standard InChI is InChI=1S/C15H19NO4/c1-9(2)16-11-8-10(13(17)19-5)6-7-12(11)20-15(3,4)14(16)18/h6-9H,1-5H3. The molecule has 5 heteroatoms. The molecule has 1 amide bonds. The van der Waals surface area contributed by atoms with Gasteiger partial charge in [0.05, 0.1) is 18.4 Å². The van der Waals surface area contributed by atoms with Crippen molar-refractivity contribution in [3.63, 3.8) is 0 Å². The Hall–Kier alpha value is -2.04. The van der Waals surface area contributed by atoms with E-state index >= 15 is 0 Å². The molecule has 0 bridgehead atoms. The lowest BCUT2D eigenvalue weighted by Gasteiger charge is -2.40. The quantitative estimate of drug-likeness (QED) is 0.779. The molecule has 0 atom stereocenters. The molecule has 1 aromatic carbocycles. The van der Waals surface area contributed by atoms with Crippen molar-refractivity contribution in [2.75, 3.05) is 12.0 Å². The van der Waals surface area contributed by atoms with E-state index in [1.165, 1.54) is 7.11 Å². The molecule has 0 N–H and O–H groups in total. The molecule has 1 aliphatic rings. The molecule has 20 heavy (non-hydrogen) atoms. The Balaban J connectivity index is 2.57. The van der Waals surface area contributed by atoms with E-state index in [2.05, 4.69) is 0 Å². The number of esters is 1. The van der Waals surface area contributed by atoms with Crippen molar-refractivity contribution in [1.82, 2.24) is 0 Å². The van der Waals surface area contributed by atoms with Crippen LogP contribution in [0, 0.1) is 0 Å². The summed E-state index contributed by atoms with van der Waals surface area (Å²) in [5.41, 5.74) is 0.0876. The number of benzene rings is 1. The number of amides is 1. The minimum atomic E-state index is -0.913. The van der Waals surface area contributed by atoms with E-state index in [9.17, 15) is 9.59 Å². The van der Waals surface area contributed by atoms with Gasteiger partial charge in [-0.2, -0.15) is 0 Å². The fourth-order valence-electron chi connectivity index (χ4n) is 2.27. The normalized spacial score (nSPS) is 16.7. The van der Waals surface area contributed by atoms with Crippen LogP contribution in [-0.4, -0.2) is 30.6 Å². The van der Waals surface area contributed by atoms with Crippen LogP contribution in [0.4, 0.5) is 5.69 Å². The molecule has 5 nitrogen and oxygen atoms in total. The number of fused-ring (bicyclic) bond motifs is 1. The minimum absolute atomic E-state index is 0.0303. The second-order valence-corrected chi connectivity index (χ2v) is 5.56. The highest BCUT2D eigenvalue weighted by Gasteiger charge is 2.42. The molecule has 0 fully saturated rings. The van der Waals surface area contributed by atoms with Crippen molar-refractivity contribution in [1.29, 1.82) is 0 Å². The SMILES string of the molecule is COC(=O)c1ccc2c(c1)N(C(C)C)C(=O)C(C)(C)O2. The largest absolute Gasteiger partial charge is 0.476 e. The lowest BCUT2D eigenvalue weighted by molar-refractivity contribution is -0.133. The summed E-state index contributed by atoms with van der Waals surface area (Å²) in [5.74, 6) is 0.0340. The molecule has 1 heterocycles. The van der Waals surface area contributed by atoms with Crippen LogP contribution in [0.25, 0.3) is 0 Å². The number of anilines is 1. The first-order chi connectivity index (χ1) is 9.27. The highest BCUT2D eigenvalue weighted by Crippen LogP contribution is 2.39. The van der Waals surface area contributed by atoms with E-state index in [4.69, 9.17) is 9.47 Å². The van der Waals surface area contributed by atoms with Crippen LogP contribution in [0.1, 0.15) is 38.1 Å². The van der Waals surface area contributed by atoms with Crippen molar-refractivity contribution >= 4 is 17.6 Å². The van der Waals surface area contributed by atoms with Crippen LogP contribution >= 0.6 is 0 Å². The number of ether oxygens (including phenoxy) is 2. The van der Waals surface area contributed by atoms with Gasteiger partial charge in [-0.05, 0) is 45.9 Å². The molecule has 0 aliphatic carbocycles. The first kappa shape index (κ1) is 14.4. The molecule has 0 aromatic heterocycles. The van der Waals surface area contributed by atoms with Crippen LogP contribution in [0.2, 0.25) is 0 Å². The molecule has 108 valence electrons. The third-order valence-electron chi connectivity index (χ3n) is 3.25. The summed E-state index contributed by atoms with van der Waals surface area (Å²) in [6.45, 7) is 7.32. The number of hydrogen-bond donors (Lipinski definition) is 0. The summed E-state index contributed by atoms with van der Waals surface area (Å²) in [5, 5.41) is 0. The minimum Gasteiger partial charge on any atom is -0.476 e. The van der Waals surface area contributed by atoms with E-state index in [1.54, 1.807) is 36.9 Å². The van der Waals surface area contributed by atoms with Gasteiger partial charge in [0.15, 0.2) is 5.60 Å². The second-order valence-electron chi connectivity index (χ2n) is 5.56. The zero-order chi connectivity index (χ0) is 15.1. The predicted molar refractivity (Wildman–Crippen MR) is 75.1 cm³/mol. The Kier molecular flexibility index (Phi) is 3.46. The lowest BCUT2D eigenvalue weighted by Crippen LogP contribution is -2.54. The Bertz CT molecular complexity index is 563. The van der Waals surface area contributed by atoms with E-state index in [-0.39, 0.29) is 11.9 Å². The monoisotopic (exact) mass is 277 g/mol. The smallest absolute Gasteiger partial charge is 0.337 e. The summed E-state index contributed by atoms with van der Waals surface area (Å²) < 4.78 is 10.4. The van der Waals surface area contributed by atoms with Crippen LogP contribution < -0.4 is 9.64 Å². The van der Waals surface area contributed by atoms with Crippen molar-refractivity contribution in [2.24, 2.45) is 0 Å². The average molecular weight is 277 g/mol. The summed E-state index contributed by atoms with van der Waals surface area (Å²) in [6.07, 6.45) is 0. The van der Waals surface area contributed by atoms with Gasteiger partial charge in [0.25, 0.3) is 5.91 Å². The zero-order valence-electron chi connectivity index (χ0n) is 12.4. The fraction of sp³-hybridized carbons (Fsp3) is 0.467. The molecular weight excluding hydrogens is 258 g/mol. The number of hydrogen-bond acceptors (Lipinski definition) is 4. The van der Waals surface area contributed by atoms with Gasteiger partial charge in [0.2, 0.25) is 0 Å². The lowest BCUT2D eigenvalue weighted by atomic mass is 10.0. The number of nitrogens with zero attached hydrogens (tertiary/aromatic N) is 1. The zero-order valence-corrected chi connectivity index (χ0v) is 12.4. The second kappa shape index (κ2) is 4.81. The maximum Gasteiger partial charge on any atom is 0.337 e. The Morgan fingerprint density at radius 2 is 2.00 bits per heavy atom. The van der Waals surface area contributed by atoms with Crippen molar-refractivity contribution < 1.29 is 19.1 Å². The summed E-state index contributed by atoms with van der Waals surface area (Å²) in [7, 11) is 1.33.